The fraction of sp³-hybridized carbons (Fsp3) is 0.273. The fourth-order valence-corrected chi connectivity index (χ4v) is 2.38. The number of rotatable bonds is 3. The lowest BCUT2D eigenvalue weighted by Crippen LogP contribution is -2.00. The second-order valence-electron chi connectivity index (χ2n) is 3.47. The Balaban J connectivity index is 2.13. The van der Waals surface area contributed by atoms with Gasteiger partial charge in [0.05, 0.1) is 21.0 Å². The molecule has 1 N–H and O–H groups in total. The largest absolute Gasteiger partial charge is 0.387 e. The van der Waals surface area contributed by atoms with Crippen LogP contribution in [0.15, 0.2) is 24.7 Å². The molecule has 0 bridgehead atoms. The zero-order chi connectivity index (χ0) is 11.5. The van der Waals surface area contributed by atoms with Crippen molar-refractivity contribution in [1.82, 2.24) is 9.97 Å². The molecule has 0 amide bonds. The van der Waals surface area contributed by atoms with E-state index in [2.05, 4.69) is 9.97 Å². The van der Waals surface area contributed by atoms with Gasteiger partial charge < -0.3 is 5.11 Å². The first kappa shape index (κ1) is 11.5. The van der Waals surface area contributed by atoms with E-state index in [-0.39, 0.29) is 0 Å². The minimum Gasteiger partial charge on any atom is -0.387 e. The maximum absolute atomic E-state index is 10.0. The molecule has 5 heteroatoms. The van der Waals surface area contributed by atoms with E-state index in [1.54, 1.807) is 18.6 Å². The molecule has 0 spiro atoms. The van der Waals surface area contributed by atoms with Crippen molar-refractivity contribution in [3.8, 4) is 0 Å². The van der Waals surface area contributed by atoms with Gasteiger partial charge in [0.15, 0.2) is 0 Å². The van der Waals surface area contributed by atoms with Crippen LogP contribution in [0.25, 0.3) is 0 Å². The summed E-state index contributed by atoms with van der Waals surface area (Å²) in [6, 6.07) is 1.82. The summed E-state index contributed by atoms with van der Waals surface area (Å²) in [7, 11) is 0. The van der Waals surface area contributed by atoms with Crippen LogP contribution < -0.4 is 0 Å². The Kier molecular flexibility index (Phi) is 3.53. The highest BCUT2D eigenvalue weighted by atomic mass is 35.5. The van der Waals surface area contributed by atoms with Gasteiger partial charge in [0, 0.05) is 25.0 Å². The van der Waals surface area contributed by atoms with Crippen LogP contribution in [0.5, 0.6) is 0 Å². The van der Waals surface area contributed by atoms with Crippen LogP contribution in [0, 0.1) is 6.92 Å². The van der Waals surface area contributed by atoms with Crippen molar-refractivity contribution in [3.05, 3.63) is 45.1 Å². The van der Waals surface area contributed by atoms with E-state index in [9.17, 15) is 5.11 Å². The van der Waals surface area contributed by atoms with Crippen LogP contribution in [0.4, 0.5) is 0 Å². The van der Waals surface area contributed by atoms with Gasteiger partial charge in [0.1, 0.15) is 0 Å². The highest BCUT2D eigenvalue weighted by molar-refractivity contribution is 7.11. The molecule has 0 saturated heterocycles. The normalized spacial score (nSPS) is 12.7. The van der Waals surface area contributed by atoms with Gasteiger partial charge in [0.2, 0.25) is 0 Å². The van der Waals surface area contributed by atoms with Crippen LogP contribution in [0.1, 0.15) is 21.6 Å². The van der Waals surface area contributed by atoms with Gasteiger partial charge in [-0.1, -0.05) is 11.6 Å². The Morgan fingerprint density at radius 2 is 2.31 bits per heavy atom. The molecule has 0 radical (unpaired) electrons. The van der Waals surface area contributed by atoms with Crippen molar-refractivity contribution in [1.29, 1.82) is 0 Å². The number of halogens is 1. The van der Waals surface area contributed by atoms with Crippen LogP contribution >= 0.6 is 22.9 Å². The third-order valence-electron chi connectivity index (χ3n) is 2.24. The van der Waals surface area contributed by atoms with Gasteiger partial charge in [-0.2, -0.15) is 0 Å². The highest BCUT2D eigenvalue weighted by Crippen LogP contribution is 2.26. The lowest BCUT2D eigenvalue weighted by atomic mass is 10.1. The Hall–Kier alpha value is -0.970. The predicted octanol–water partition coefficient (Wildman–Crippen LogP) is 2.78. The highest BCUT2D eigenvalue weighted by Gasteiger charge is 2.13. The number of nitrogens with zero attached hydrogens (tertiary/aromatic N) is 2. The van der Waals surface area contributed by atoms with Crippen LogP contribution in [-0.4, -0.2) is 15.1 Å². The molecule has 16 heavy (non-hydrogen) atoms. The van der Waals surface area contributed by atoms with E-state index < -0.39 is 6.10 Å². The summed E-state index contributed by atoms with van der Waals surface area (Å²) in [6.45, 7) is 1.92. The van der Waals surface area contributed by atoms with E-state index in [4.69, 9.17) is 11.6 Å². The molecule has 2 rings (SSSR count). The molecular weight excluding hydrogens is 244 g/mol. The van der Waals surface area contributed by atoms with Gasteiger partial charge in [-0.25, -0.2) is 4.98 Å². The van der Waals surface area contributed by atoms with E-state index >= 15 is 0 Å². The average Bonchev–Trinajstić information content (AvgIpc) is 2.68. The quantitative estimate of drug-likeness (QED) is 0.916. The lowest BCUT2D eigenvalue weighted by molar-refractivity contribution is 0.182. The van der Waals surface area contributed by atoms with Gasteiger partial charge >= 0.3 is 0 Å². The molecule has 0 aliphatic heterocycles. The number of hydrogen-bond donors (Lipinski definition) is 1. The second kappa shape index (κ2) is 4.91. The summed E-state index contributed by atoms with van der Waals surface area (Å²) in [5.41, 5.74) is 0.898. The first-order valence-electron chi connectivity index (χ1n) is 4.85. The molecule has 0 aromatic carbocycles. The third-order valence-corrected chi connectivity index (χ3v) is 3.59. The summed E-state index contributed by atoms with van der Waals surface area (Å²) >= 11 is 7.48. The number of aryl methyl sites for hydroxylation is 1. The fourth-order valence-electron chi connectivity index (χ4n) is 1.41. The molecule has 0 saturated carbocycles. The number of aliphatic hydroxyl groups excluding tert-OH is 1. The zero-order valence-corrected chi connectivity index (χ0v) is 10.3. The summed E-state index contributed by atoms with van der Waals surface area (Å²) in [4.78, 5) is 8.89. The van der Waals surface area contributed by atoms with E-state index in [0.717, 1.165) is 15.4 Å². The monoisotopic (exact) mass is 254 g/mol. The minimum atomic E-state index is -0.550. The standard InChI is InChI=1S/C11H11ClN2OS/c1-7-14-6-11(16-7)10(15)4-8-2-3-13-5-9(8)12/h2-3,5-6,10,15H,4H2,1H3. The minimum absolute atomic E-state index is 0.489. The second-order valence-corrected chi connectivity index (χ2v) is 5.14. The lowest BCUT2D eigenvalue weighted by Gasteiger charge is -2.08. The molecule has 2 heterocycles. The Bertz CT molecular complexity index is 486. The Morgan fingerprint density at radius 3 is 2.94 bits per heavy atom. The smallest absolute Gasteiger partial charge is 0.0938 e. The molecule has 2 aromatic rings. The van der Waals surface area contributed by atoms with Crippen molar-refractivity contribution < 1.29 is 5.11 Å². The van der Waals surface area contributed by atoms with E-state index in [1.807, 2.05) is 13.0 Å². The average molecular weight is 255 g/mol. The van der Waals surface area contributed by atoms with E-state index in [0.29, 0.717) is 11.4 Å². The molecule has 3 nitrogen and oxygen atoms in total. The molecule has 1 atom stereocenters. The van der Waals surface area contributed by atoms with Crippen LogP contribution in [0.3, 0.4) is 0 Å². The molecule has 0 fully saturated rings. The Labute approximate surface area is 103 Å². The molecule has 84 valence electrons. The SMILES string of the molecule is Cc1ncc(C(O)Cc2ccncc2Cl)s1. The summed E-state index contributed by atoms with van der Waals surface area (Å²) in [5.74, 6) is 0. The first-order chi connectivity index (χ1) is 7.66. The molecule has 1 unspecified atom stereocenters. The van der Waals surface area contributed by atoms with Gasteiger partial charge in [0.25, 0.3) is 0 Å². The number of thiazole rings is 1. The van der Waals surface area contributed by atoms with E-state index in [1.165, 1.54) is 11.3 Å². The molecule has 0 aliphatic carbocycles. The third kappa shape index (κ3) is 2.58. The number of aliphatic hydroxyl groups is 1. The number of aromatic nitrogens is 2. The number of hydrogen-bond acceptors (Lipinski definition) is 4. The molecule has 0 aliphatic rings. The maximum atomic E-state index is 10.0. The van der Waals surface area contributed by atoms with Gasteiger partial charge in [-0.3, -0.25) is 4.98 Å². The molecule has 2 aromatic heterocycles. The summed E-state index contributed by atoms with van der Waals surface area (Å²) in [6.07, 6.45) is 4.90. The van der Waals surface area contributed by atoms with Crippen molar-refractivity contribution in [3.63, 3.8) is 0 Å². The van der Waals surface area contributed by atoms with Crippen molar-refractivity contribution in [2.45, 2.75) is 19.4 Å². The number of pyridine rings is 1. The predicted molar refractivity (Wildman–Crippen MR) is 64.8 cm³/mol. The van der Waals surface area contributed by atoms with Crippen molar-refractivity contribution in [2.24, 2.45) is 0 Å². The Morgan fingerprint density at radius 1 is 1.50 bits per heavy atom. The molecular formula is C11H11ClN2OS. The summed E-state index contributed by atoms with van der Waals surface area (Å²) < 4.78 is 0. The topological polar surface area (TPSA) is 46.0 Å². The zero-order valence-electron chi connectivity index (χ0n) is 8.72. The summed E-state index contributed by atoms with van der Waals surface area (Å²) in [5, 5.41) is 11.5. The van der Waals surface area contributed by atoms with Gasteiger partial charge in [-0.15, -0.1) is 11.3 Å². The van der Waals surface area contributed by atoms with Crippen molar-refractivity contribution >= 4 is 22.9 Å². The first-order valence-corrected chi connectivity index (χ1v) is 6.05. The van der Waals surface area contributed by atoms with Crippen LogP contribution in [0.2, 0.25) is 5.02 Å². The van der Waals surface area contributed by atoms with Crippen LogP contribution in [-0.2, 0) is 6.42 Å². The van der Waals surface area contributed by atoms with Gasteiger partial charge in [-0.05, 0) is 18.6 Å². The van der Waals surface area contributed by atoms with Crippen molar-refractivity contribution in [2.75, 3.05) is 0 Å². The maximum Gasteiger partial charge on any atom is 0.0938 e.